The van der Waals surface area contributed by atoms with Crippen molar-refractivity contribution in [3.05, 3.63) is 11.5 Å². The van der Waals surface area contributed by atoms with E-state index in [-0.39, 0.29) is 6.04 Å². The molecule has 0 radical (unpaired) electrons. The standard InChI is InChI=1S/C12H21ClN4O/c1-8(2)9(6-17(3)4)16-12-10(18-5)11(13)14-7-15-12/h7-9H,6H2,1-5H3,(H,14,15,16). The highest BCUT2D eigenvalue weighted by Gasteiger charge is 2.18. The van der Waals surface area contributed by atoms with Crippen molar-refractivity contribution in [1.29, 1.82) is 0 Å². The van der Waals surface area contributed by atoms with Crippen LogP contribution in [0.15, 0.2) is 6.33 Å². The van der Waals surface area contributed by atoms with Gasteiger partial charge in [-0.2, -0.15) is 0 Å². The van der Waals surface area contributed by atoms with Crippen LogP contribution in [-0.2, 0) is 0 Å². The Hall–Kier alpha value is -1.07. The van der Waals surface area contributed by atoms with E-state index < -0.39 is 0 Å². The Labute approximate surface area is 114 Å². The number of anilines is 1. The van der Waals surface area contributed by atoms with Gasteiger partial charge in [0.2, 0.25) is 0 Å². The minimum Gasteiger partial charge on any atom is -0.490 e. The van der Waals surface area contributed by atoms with E-state index in [1.807, 2.05) is 14.1 Å². The minimum absolute atomic E-state index is 0.264. The largest absolute Gasteiger partial charge is 0.490 e. The summed E-state index contributed by atoms with van der Waals surface area (Å²) in [7, 11) is 5.65. The molecule has 0 aliphatic heterocycles. The SMILES string of the molecule is COc1c(Cl)ncnc1NC(CN(C)C)C(C)C. The Kier molecular flexibility index (Phi) is 5.62. The van der Waals surface area contributed by atoms with Gasteiger partial charge in [-0.05, 0) is 20.0 Å². The zero-order valence-electron chi connectivity index (χ0n) is 11.6. The van der Waals surface area contributed by atoms with Crippen LogP contribution >= 0.6 is 11.6 Å². The molecule has 0 aromatic carbocycles. The number of nitrogens with zero attached hydrogens (tertiary/aromatic N) is 3. The lowest BCUT2D eigenvalue weighted by molar-refractivity contribution is 0.342. The number of hydrogen-bond donors (Lipinski definition) is 1. The third-order valence-corrected chi connectivity index (χ3v) is 2.92. The average molecular weight is 273 g/mol. The molecule has 0 spiro atoms. The van der Waals surface area contributed by atoms with E-state index in [0.717, 1.165) is 6.54 Å². The lowest BCUT2D eigenvalue weighted by atomic mass is 10.0. The van der Waals surface area contributed by atoms with Crippen LogP contribution in [0.4, 0.5) is 5.82 Å². The molecule has 1 atom stereocenters. The Morgan fingerprint density at radius 2 is 2.06 bits per heavy atom. The summed E-state index contributed by atoms with van der Waals surface area (Å²) in [5.41, 5.74) is 0. The van der Waals surface area contributed by atoms with E-state index in [0.29, 0.717) is 22.6 Å². The van der Waals surface area contributed by atoms with Crippen LogP contribution in [0.3, 0.4) is 0 Å². The van der Waals surface area contributed by atoms with Crippen LogP contribution in [0.2, 0.25) is 5.15 Å². The van der Waals surface area contributed by atoms with Crippen LogP contribution in [0.25, 0.3) is 0 Å². The van der Waals surface area contributed by atoms with Gasteiger partial charge >= 0.3 is 0 Å². The topological polar surface area (TPSA) is 50.3 Å². The molecule has 1 aromatic heterocycles. The summed E-state index contributed by atoms with van der Waals surface area (Å²) in [5.74, 6) is 1.59. The molecular weight excluding hydrogens is 252 g/mol. The number of nitrogens with one attached hydrogen (secondary N) is 1. The molecule has 1 unspecified atom stereocenters. The van der Waals surface area contributed by atoms with Crippen molar-refractivity contribution in [2.75, 3.05) is 33.1 Å². The highest BCUT2D eigenvalue weighted by Crippen LogP contribution is 2.29. The number of aromatic nitrogens is 2. The summed E-state index contributed by atoms with van der Waals surface area (Å²) < 4.78 is 5.23. The molecule has 6 heteroatoms. The van der Waals surface area contributed by atoms with Crippen molar-refractivity contribution in [1.82, 2.24) is 14.9 Å². The molecule has 1 heterocycles. The summed E-state index contributed by atoms with van der Waals surface area (Å²) in [6.45, 7) is 5.23. The first-order valence-electron chi connectivity index (χ1n) is 5.91. The van der Waals surface area contributed by atoms with Gasteiger partial charge in [0.1, 0.15) is 6.33 Å². The Bertz CT molecular complexity index is 384. The van der Waals surface area contributed by atoms with Crippen molar-refractivity contribution in [3.63, 3.8) is 0 Å². The quantitative estimate of drug-likeness (QED) is 0.804. The number of likely N-dealkylation sites (N-methyl/N-ethyl adjacent to an activating group) is 1. The normalized spacial score (nSPS) is 12.9. The average Bonchev–Trinajstić information content (AvgIpc) is 2.27. The first-order valence-corrected chi connectivity index (χ1v) is 6.29. The Morgan fingerprint density at radius 3 is 2.56 bits per heavy atom. The van der Waals surface area contributed by atoms with E-state index in [1.165, 1.54) is 6.33 Å². The fraction of sp³-hybridized carbons (Fsp3) is 0.667. The van der Waals surface area contributed by atoms with E-state index in [2.05, 4.69) is 34.0 Å². The molecule has 1 N–H and O–H groups in total. The minimum atomic E-state index is 0.264. The molecule has 5 nitrogen and oxygen atoms in total. The lowest BCUT2D eigenvalue weighted by Gasteiger charge is -2.26. The number of halogens is 1. The number of rotatable bonds is 6. The number of hydrogen-bond acceptors (Lipinski definition) is 5. The second kappa shape index (κ2) is 6.75. The molecule has 0 saturated carbocycles. The molecule has 0 amide bonds. The predicted molar refractivity (Wildman–Crippen MR) is 74.4 cm³/mol. The Balaban J connectivity index is 2.90. The van der Waals surface area contributed by atoms with Gasteiger partial charge in [-0.15, -0.1) is 0 Å². The van der Waals surface area contributed by atoms with E-state index in [4.69, 9.17) is 16.3 Å². The van der Waals surface area contributed by atoms with Gasteiger partial charge in [-0.1, -0.05) is 25.4 Å². The number of ether oxygens (including phenoxy) is 1. The third kappa shape index (κ3) is 3.99. The van der Waals surface area contributed by atoms with Crippen molar-refractivity contribution >= 4 is 17.4 Å². The van der Waals surface area contributed by atoms with Gasteiger partial charge in [0.15, 0.2) is 16.7 Å². The van der Waals surface area contributed by atoms with Crippen LogP contribution in [-0.4, -0.2) is 48.7 Å². The van der Waals surface area contributed by atoms with Gasteiger partial charge in [0.05, 0.1) is 7.11 Å². The molecule has 0 bridgehead atoms. The highest BCUT2D eigenvalue weighted by atomic mass is 35.5. The maximum Gasteiger partial charge on any atom is 0.198 e. The van der Waals surface area contributed by atoms with Gasteiger partial charge in [0, 0.05) is 12.6 Å². The third-order valence-electron chi connectivity index (χ3n) is 2.65. The molecule has 102 valence electrons. The monoisotopic (exact) mass is 272 g/mol. The van der Waals surface area contributed by atoms with E-state index in [1.54, 1.807) is 7.11 Å². The van der Waals surface area contributed by atoms with E-state index in [9.17, 15) is 0 Å². The summed E-state index contributed by atoms with van der Waals surface area (Å²) >= 11 is 5.97. The maximum absolute atomic E-state index is 5.97. The second-order valence-corrected chi connectivity index (χ2v) is 5.16. The first kappa shape index (κ1) is 15.0. The van der Waals surface area contributed by atoms with Crippen LogP contribution in [0, 0.1) is 5.92 Å². The smallest absolute Gasteiger partial charge is 0.198 e. The molecule has 18 heavy (non-hydrogen) atoms. The van der Waals surface area contributed by atoms with Gasteiger partial charge in [0.25, 0.3) is 0 Å². The van der Waals surface area contributed by atoms with Gasteiger partial charge in [-0.25, -0.2) is 9.97 Å². The van der Waals surface area contributed by atoms with Crippen LogP contribution < -0.4 is 10.1 Å². The fourth-order valence-electron chi connectivity index (χ4n) is 1.63. The van der Waals surface area contributed by atoms with E-state index >= 15 is 0 Å². The zero-order chi connectivity index (χ0) is 13.7. The first-order chi connectivity index (χ1) is 8.45. The van der Waals surface area contributed by atoms with Gasteiger partial charge < -0.3 is 15.0 Å². The summed E-state index contributed by atoms with van der Waals surface area (Å²) in [5, 5.41) is 3.69. The predicted octanol–water partition coefficient (Wildman–Crippen LogP) is 2.14. The molecule has 0 aliphatic carbocycles. The summed E-state index contributed by atoms with van der Waals surface area (Å²) in [6.07, 6.45) is 1.43. The molecular formula is C12H21ClN4O. The molecule has 0 aliphatic rings. The van der Waals surface area contributed by atoms with Gasteiger partial charge in [-0.3, -0.25) is 0 Å². The number of methoxy groups -OCH3 is 1. The van der Waals surface area contributed by atoms with Crippen LogP contribution in [0.5, 0.6) is 5.75 Å². The van der Waals surface area contributed by atoms with Crippen molar-refractivity contribution in [2.24, 2.45) is 5.92 Å². The molecule has 0 fully saturated rings. The highest BCUT2D eigenvalue weighted by molar-refractivity contribution is 6.31. The Morgan fingerprint density at radius 1 is 1.39 bits per heavy atom. The fourth-order valence-corrected chi connectivity index (χ4v) is 1.84. The molecule has 1 rings (SSSR count). The second-order valence-electron chi connectivity index (χ2n) is 4.80. The summed E-state index contributed by atoms with van der Waals surface area (Å²) in [6, 6.07) is 0.264. The lowest BCUT2D eigenvalue weighted by Crippen LogP contribution is -2.36. The van der Waals surface area contributed by atoms with Crippen molar-refractivity contribution in [3.8, 4) is 5.75 Å². The summed E-state index contributed by atoms with van der Waals surface area (Å²) in [4.78, 5) is 10.2. The van der Waals surface area contributed by atoms with Crippen LogP contribution in [0.1, 0.15) is 13.8 Å². The zero-order valence-corrected chi connectivity index (χ0v) is 12.3. The van der Waals surface area contributed by atoms with Crippen molar-refractivity contribution < 1.29 is 4.74 Å². The molecule has 1 aromatic rings. The molecule has 0 saturated heterocycles. The maximum atomic E-state index is 5.97. The van der Waals surface area contributed by atoms with Crippen molar-refractivity contribution in [2.45, 2.75) is 19.9 Å².